The fraction of sp³-hybridized carbons (Fsp3) is 0.286. The number of hydrogen-bond donors (Lipinski definition) is 2. The summed E-state index contributed by atoms with van der Waals surface area (Å²) in [7, 11) is 0. The first-order valence-corrected chi connectivity index (χ1v) is 3.99. The molecule has 5 nitrogen and oxygen atoms in total. The summed E-state index contributed by atoms with van der Waals surface area (Å²) in [6, 6.07) is 1.74. The Balaban J connectivity index is 2.61. The molecule has 0 radical (unpaired) electrons. The van der Waals surface area contributed by atoms with Crippen molar-refractivity contribution in [3.05, 3.63) is 11.8 Å². The molecule has 1 aromatic heterocycles. The molecule has 1 heterocycles. The van der Waals surface area contributed by atoms with Gasteiger partial charge >= 0.3 is 0 Å². The maximum atomic E-state index is 10.6. The van der Waals surface area contributed by atoms with E-state index in [9.17, 15) is 4.79 Å². The van der Waals surface area contributed by atoms with Gasteiger partial charge in [-0.2, -0.15) is 10.2 Å². The zero-order chi connectivity index (χ0) is 9.84. The summed E-state index contributed by atoms with van der Waals surface area (Å²) in [5, 5.41) is 10.1. The largest absolute Gasteiger partial charge is 0.292 e. The van der Waals surface area contributed by atoms with Gasteiger partial charge in [-0.05, 0) is 6.92 Å². The van der Waals surface area contributed by atoms with Gasteiger partial charge in [0.15, 0.2) is 16.8 Å². The second kappa shape index (κ2) is 4.04. The van der Waals surface area contributed by atoms with Crippen LogP contribution in [0.2, 0.25) is 0 Å². The lowest BCUT2D eigenvalue weighted by molar-refractivity contribution is -0.110. The lowest BCUT2D eigenvalue weighted by Crippen LogP contribution is -2.04. The van der Waals surface area contributed by atoms with Crippen LogP contribution in [0.4, 0.5) is 5.82 Å². The van der Waals surface area contributed by atoms with Gasteiger partial charge in [0.2, 0.25) is 0 Å². The van der Waals surface area contributed by atoms with Crippen molar-refractivity contribution in [2.75, 3.05) is 5.43 Å². The average molecular weight is 201 g/mol. The topological polar surface area (TPSA) is 70.1 Å². The van der Waals surface area contributed by atoms with Gasteiger partial charge in [-0.1, -0.05) is 11.6 Å². The fourth-order valence-corrected chi connectivity index (χ4v) is 0.703. The normalized spacial score (nSPS) is 11.5. The van der Waals surface area contributed by atoms with Crippen LogP contribution in [0.1, 0.15) is 12.6 Å². The van der Waals surface area contributed by atoms with Crippen molar-refractivity contribution in [3.63, 3.8) is 0 Å². The van der Waals surface area contributed by atoms with Crippen molar-refractivity contribution in [2.45, 2.75) is 13.8 Å². The molecule has 0 unspecified atom stereocenters. The number of anilines is 1. The monoisotopic (exact) mass is 200 g/mol. The molecule has 0 spiro atoms. The van der Waals surface area contributed by atoms with E-state index in [1.807, 2.05) is 6.92 Å². The smallest absolute Gasteiger partial charge is 0.192 e. The highest BCUT2D eigenvalue weighted by atomic mass is 35.5. The van der Waals surface area contributed by atoms with Gasteiger partial charge in [0, 0.05) is 18.7 Å². The number of hydrogen-bond acceptors (Lipinski definition) is 4. The number of aromatic amines is 1. The van der Waals surface area contributed by atoms with Crippen LogP contribution in [0.25, 0.3) is 0 Å². The molecule has 2 N–H and O–H groups in total. The van der Waals surface area contributed by atoms with Gasteiger partial charge in [-0.25, -0.2) is 0 Å². The van der Waals surface area contributed by atoms with E-state index < -0.39 is 0 Å². The van der Waals surface area contributed by atoms with Crippen molar-refractivity contribution in [3.8, 4) is 0 Å². The quantitative estimate of drug-likeness (QED) is 0.570. The Morgan fingerprint density at radius 2 is 2.46 bits per heavy atom. The van der Waals surface area contributed by atoms with E-state index in [-0.39, 0.29) is 11.0 Å². The van der Waals surface area contributed by atoms with Crippen LogP contribution in [0, 0.1) is 6.92 Å². The van der Waals surface area contributed by atoms with E-state index in [0.717, 1.165) is 5.69 Å². The molecule has 0 saturated carbocycles. The molecular weight excluding hydrogens is 192 g/mol. The average Bonchev–Trinajstić information content (AvgIpc) is 2.47. The maximum absolute atomic E-state index is 10.6. The molecule has 0 aliphatic carbocycles. The number of hydrazone groups is 1. The fourth-order valence-electron chi connectivity index (χ4n) is 0.660. The second-order valence-electron chi connectivity index (χ2n) is 2.51. The summed E-state index contributed by atoms with van der Waals surface area (Å²) in [6.07, 6.45) is 0. The SMILES string of the molecule is CC(=O)C(Cl)=NNc1cc(C)[nH]n1. The number of aromatic nitrogens is 2. The Kier molecular flexibility index (Phi) is 3.02. The molecule has 0 amide bonds. The predicted molar refractivity (Wildman–Crippen MR) is 50.9 cm³/mol. The van der Waals surface area contributed by atoms with Crippen LogP contribution in [0.5, 0.6) is 0 Å². The third kappa shape index (κ3) is 2.87. The number of nitrogens with one attached hydrogen (secondary N) is 2. The first-order valence-electron chi connectivity index (χ1n) is 3.61. The number of Topliss-reactive ketones (excluding diaryl/α,β-unsaturated/α-hetero) is 1. The second-order valence-corrected chi connectivity index (χ2v) is 2.86. The molecule has 0 bridgehead atoms. The standard InChI is InChI=1S/C7H9ClN4O/c1-4-3-6(10-9-4)11-12-7(8)5(2)13/h3H,1-2H3,(H2,9,10,11). The predicted octanol–water partition coefficient (Wildman–Crippen LogP) is 1.27. The molecule has 1 aromatic rings. The molecule has 0 aliphatic rings. The molecule has 6 heteroatoms. The molecule has 13 heavy (non-hydrogen) atoms. The van der Waals surface area contributed by atoms with Crippen molar-refractivity contribution >= 4 is 28.4 Å². The molecule has 0 atom stereocenters. The lowest BCUT2D eigenvalue weighted by Gasteiger charge is -1.93. The summed E-state index contributed by atoms with van der Waals surface area (Å²) in [5.74, 6) is 0.235. The van der Waals surface area contributed by atoms with Crippen LogP contribution in [-0.4, -0.2) is 21.2 Å². The van der Waals surface area contributed by atoms with Crippen LogP contribution in [0.3, 0.4) is 0 Å². The summed E-state index contributed by atoms with van der Waals surface area (Å²) in [4.78, 5) is 10.6. The first kappa shape index (κ1) is 9.73. The summed E-state index contributed by atoms with van der Waals surface area (Å²) >= 11 is 5.47. The Morgan fingerprint density at radius 1 is 1.77 bits per heavy atom. The number of halogens is 1. The highest BCUT2D eigenvalue weighted by Gasteiger charge is 2.01. The van der Waals surface area contributed by atoms with E-state index in [1.165, 1.54) is 6.92 Å². The van der Waals surface area contributed by atoms with Crippen LogP contribution in [-0.2, 0) is 4.79 Å². The number of nitrogens with zero attached hydrogens (tertiary/aromatic N) is 2. The van der Waals surface area contributed by atoms with E-state index in [0.29, 0.717) is 5.82 Å². The minimum Gasteiger partial charge on any atom is -0.292 e. The van der Waals surface area contributed by atoms with Gasteiger partial charge in [-0.15, -0.1) is 0 Å². The number of aryl methyl sites for hydroxylation is 1. The number of carbonyl (C=O) groups excluding carboxylic acids is 1. The van der Waals surface area contributed by atoms with Gasteiger partial charge in [0.25, 0.3) is 0 Å². The number of H-pyrrole nitrogens is 1. The van der Waals surface area contributed by atoms with Gasteiger partial charge in [-0.3, -0.25) is 15.3 Å². The summed E-state index contributed by atoms with van der Waals surface area (Å²) in [6.45, 7) is 3.19. The van der Waals surface area contributed by atoms with Crippen LogP contribution < -0.4 is 5.43 Å². The molecule has 0 aromatic carbocycles. The van der Waals surface area contributed by atoms with Crippen molar-refractivity contribution in [2.24, 2.45) is 5.10 Å². The summed E-state index contributed by atoms with van der Waals surface area (Å²) in [5.41, 5.74) is 3.44. The Morgan fingerprint density at radius 3 is 2.92 bits per heavy atom. The van der Waals surface area contributed by atoms with E-state index in [2.05, 4.69) is 20.7 Å². The molecule has 1 rings (SSSR count). The van der Waals surface area contributed by atoms with E-state index >= 15 is 0 Å². The zero-order valence-corrected chi connectivity index (χ0v) is 8.01. The molecular formula is C7H9ClN4O. The van der Waals surface area contributed by atoms with Gasteiger partial charge < -0.3 is 0 Å². The highest BCUT2D eigenvalue weighted by Crippen LogP contribution is 2.03. The Bertz CT molecular complexity index is 344. The first-order chi connectivity index (χ1) is 6.09. The summed E-state index contributed by atoms with van der Waals surface area (Å²) < 4.78 is 0. The van der Waals surface area contributed by atoms with E-state index in [1.54, 1.807) is 6.07 Å². The minimum absolute atomic E-state index is 0.0966. The van der Waals surface area contributed by atoms with Crippen molar-refractivity contribution in [1.82, 2.24) is 10.2 Å². The molecule has 0 saturated heterocycles. The number of ketones is 1. The van der Waals surface area contributed by atoms with Crippen molar-refractivity contribution in [1.29, 1.82) is 0 Å². The minimum atomic E-state index is -0.290. The highest BCUT2D eigenvalue weighted by molar-refractivity contribution is 6.82. The third-order valence-electron chi connectivity index (χ3n) is 1.27. The lowest BCUT2D eigenvalue weighted by atomic mass is 10.5. The Hall–Kier alpha value is -1.36. The van der Waals surface area contributed by atoms with Crippen molar-refractivity contribution < 1.29 is 4.79 Å². The van der Waals surface area contributed by atoms with Crippen LogP contribution in [0.15, 0.2) is 11.2 Å². The van der Waals surface area contributed by atoms with Crippen LogP contribution >= 0.6 is 11.6 Å². The van der Waals surface area contributed by atoms with E-state index in [4.69, 9.17) is 11.6 Å². The maximum Gasteiger partial charge on any atom is 0.192 e. The van der Waals surface area contributed by atoms with Gasteiger partial charge in [0.05, 0.1) is 0 Å². The molecule has 0 fully saturated rings. The van der Waals surface area contributed by atoms with Gasteiger partial charge in [0.1, 0.15) is 0 Å². The number of carbonyl (C=O) groups is 1. The molecule has 0 aliphatic heterocycles. The Labute approximate surface area is 80.2 Å². The molecule has 70 valence electrons. The zero-order valence-electron chi connectivity index (χ0n) is 7.26. The number of rotatable bonds is 3. The third-order valence-corrected chi connectivity index (χ3v) is 1.62.